The smallest absolute Gasteiger partial charge is 0.119 e. The minimum Gasteiger partial charge on any atom is -0.494 e. The molecular formula is C17H21NO. The van der Waals surface area contributed by atoms with Crippen LogP contribution in [0.5, 0.6) is 5.75 Å². The van der Waals surface area contributed by atoms with Crippen molar-refractivity contribution in [3.63, 3.8) is 0 Å². The van der Waals surface area contributed by atoms with E-state index in [2.05, 4.69) is 47.8 Å². The molecule has 1 N–H and O–H groups in total. The van der Waals surface area contributed by atoms with Crippen molar-refractivity contribution >= 4 is 10.8 Å². The van der Waals surface area contributed by atoms with Crippen LogP contribution in [0.2, 0.25) is 0 Å². The fourth-order valence-corrected chi connectivity index (χ4v) is 2.77. The number of hydrogen-bond donors (Lipinski definition) is 1. The molecule has 0 amide bonds. The molecule has 1 saturated heterocycles. The lowest BCUT2D eigenvalue weighted by molar-refractivity contribution is 0.254. The van der Waals surface area contributed by atoms with Crippen molar-refractivity contribution in [1.82, 2.24) is 5.32 Å². The molecule has 0 aliphatic carbocycles. The molecule has 0 unspecified atom stereocenters. The Labute approximate surface area is 114 Å². The third-order valence-electron chi connectivity index (χ3n) is 3.91. The van der Waals surface area contributed by atoms with Crippen LogP contribution in [0.3, 0.4) is 0 Å². The number of ether oxygens (including phenoxy) is 1. The van der Waals surface area contributed by atoms with Gasteiger partial charge in [-0.25, -0.2) is 0 Å². The number of fused-ring (bicyclic) bond motifs is 1. The molecule has 0 saturated carbocycles. The molecule has 2 heteroatoms. The van der Waals surface area contributed by atoms with E-state index in [0.717, 1.165) is 31.2 Å². The Bertz CT molecular complexity index is 532. The first-order chi connectivity index (χ1) is 9.42. The molecule has 0 bridgehead atoms. The van der Waals surface area contributed by atoms with E-state index in [-0.39, 0.29) is 0 Å². The number of nitrogens with one attached hydrogen (secondary N) is 1. The van der Waals surface area contributed by atoms with Crippen LogP contribution in [0.25, 0.3) is 10.8 Å². The summed E-state index contributed by atoms with van der Waals surface area (Å²) in [5, 5.41) is 5.97. The summed E-state index contributed by atoms with van der Waals surface area (Å²) in [6.07, 6.45) is 3.80. The van der Waals surface area contributed by atoms with Crippen molar-refractivity contribution in [3.05, 3.63) is 42.5 Å². The van der Waals surface area contributed by atoms with E-state index < -0.39 is 0 Å². The summed E-state index contributed by atoms with van der Waals surface area (Å²) >= 11 is 0. The van der Waals surface area contributed by atoms with Gasteiger partial charge in [0.25, 0.3) is 0 Å². The summed E-state index contributed by atoms with van der Waals surface area (Å²) in [5.74, 6) is 1.77. The number of rotatable bonds is 4. The first-order valence-corrected chi connectivity index (χ1v) is 7.24. The van der Waals surface area contributed by atoms with Gasteiger partial charge < -0.3 is 10.1 Å². The zero-order valence-corrected chi connectivity index (χ0v) is 11.3. The van der Waals surface area contributed by atoms with E-state index in [9.17, 15) is 0 Å². The van der Waals surface area contributed by atoms with Gasteiger partial charge in [0.15, 0.2) is 0 Å². The molecule has 3 rings (SSSR count). The zero-order chi connectivity index (χ0) is 12.9. The largest absolute Gasteiger partial charge is 0.494 e. The molecule has 1 aliphatic heterocycles. The van der Waals surface area contributed by atoms with Crippen molar-refractivity contribution in [2.75, 3.05) is 19.7 Å². The normalized spacial score (nSPS) is 19.5. The summed E-state index contributed by atoms with van der Waals surface area (Å²) in [6.45, 7) is 3.16. The minimum absolute atomic E-state index is 0.786. The van der Waals surface area contributed by atoms with Gasteiger partial charge in [0, 0.05) is 0 Å². The van der Waals surface area contributed by atoms with Crippen molar-refractivity contribution < 1.29 is 4.74 Å². The molecule has 2 aromatic carbocycles. The van der Waals surface area contributed by atoms with Crippen LogP contribution in [0.1, 0.15) is 19.3 Å². The summed E-state index contributed by atoms with van der Waals surface area (Å²) < 4.78 is 5.89. The standard InChI is InChI=1S/C17H21NO/c1-2-6-16-12-17(8-7-15(16)5-1)19-11-9-14-4-3-10-18-13-14/h1-2,5-8,12,14,18H,3-4,9-11,13H2/t14-/m0/s1. The second-order valence-electron chi connectivity index (χ2n) is 5.36. The molecule has 0 radical (unpaired) electrons. The molecule has 100 valence electrons. The Morgan fingerprint density at radius 2 is 2.00 bits per heavy atom. The van der Waals surface area contributed by atoms with E-state index in [1.165, 1.54) is 30.2 Å². The molecule has 2 aromatic rings. The summed E-state index contributed by atoms with van der Waals surface area (Å²) in [4.78, 5) is 0. The highest BCUT2D eigenvalue weighted by Gasteiger charge is 2.12. The Balaban J connectivity index is 1.56. The lowest BCUT2D eigenvalue weighted by Crippen LogP contribution is -2.30. The maximum atomic E-state index is 5.89. The van der Waals surface area contributed by atoms with Crippen LogP contribution in [0.4, 0.5) is 0 Å². The van der Waals surface area contributed by atoms with Gasteiger partial charge in [-0.2, -0.15) is 0 Å². The van der Waals surface area contributed by atoms with E-state index in [1.807, 2.05) is 0 Å². The van der Waals surface area contributed by atoms with E-state index >= 15 is 0 Å². The van der Waals surface area contributed by atoms with Gasteiger partial charge in [-0.15, -0.1) is 0 Å². The molecule has 0 aromatic heterocycles. The van der Waals surface area contributed by atoms with Gasteiger partial charge in [-0.05, 0) is 61.2 Å². The average molecular weight is 255 g/mol. The van der Waals surface area contributed by atoms with Crippen LogP contribution >= 0.6 is 0 Å². The first-order valence-electron chi connectivity index (χ1n) is 7.24. The molecule has 1 atom stereocenters. The van der Waals surface area contributed by atoms with Crippen LogP contribution in [-0.4, -0.2) is 19.7 Å². The third kappa shape index (κ3) is 3.27. The Morgan fingerprint density at radius 1 is 1.11 bits per heavy atom. The fourth-order valence-electron chi connectivity index (χ4n) is 2.77. The first kappa shape index (κ1) is 12.5. The fraction of sp³-hybridized carbons (Fsp3) is 0.412. The highest BCUT2D eigenvalue weighted by atomic mass is 16.5. The van der Waals surface area contributed by atoms with Crippen molar-refractivity contribution in [3.8, 4) is 5.75 Å². The monoisotopic (exact) mass is 255 g/mol. The van der Waals surface area contributed by atoms with Gasteiger partial charge in [-0.1, -0.05) is 30.3 Å². The maximum absolute atomic E-state index is 5.89. The Morgan fingerprint density at radius 3 is 2.84 bits per heavy atom. The molecule has 1 aliphatic rings. The van der Waals surface area contributed by atoms with Gasteiger partial charge in [0.1, 0.15) is 5.75 Å². The van der Waals surface area contributed by atoms with E-state index in [1.54, 1.807) is 0 Å². The molecular weight excluding hydrogens is 234 g/mol. The Hall–Kier alpha value is -1.54. The number of piperidine rings is 1. The van der Waals surface area contributed by atoms with Crippen molar-refractivity contribution in [1.29, 1.82) is 0 Å². The highest BCUT2D eigenvalue weighted by Crippen LogP contribution is 2.21. The zero-order valence-electron chi connectivity index (χ0n) is 11.3. The number of benzene rings is 2. The van der Waals surface area contributed by atoms with Crippen LogP contribution in [0, 0.1) is 5.92 Å². The second-order valence-corrected chi connectivity index (χ2v) is 5.36. The van der Waals surface area contributed by atoms with Gasteiger partial charge in [0.05, 0.1) is 6.61 Å². The highest BCUT2D eigenvalue weighted by molar-refractivity contribution is 5.83. The van der Waals surface area contributed by atoms with Gasteiger partial charge >= 0.3 is 0 Å². The summed E-state index contributed by atoms with van der Waals surface area (Å²) in [6, 6.07) is 14.7. The molecule has 19 heavy (non-hydrogen) atoms. The lowest BCUT2D eigenvalue weighted by atomic mass is 9.97. The molecule has 1 fully saturated rings. The Kier molecular flexibility index (Phi) is 3.99. The predicted octanol–water partition coefficient (Wildman–Crippen LogP) is 3.61. The topological polar surface area (TPSA) is 21.3 Å². The van der Waals surface area contributed by atoms with Crippen molar-refractivity contribution in [2.45, 2.75) is 19.3 Å². The van der Waals surface area contributed by atoms with Crippen LogP contribution in [-0.2, 0) is 0 Å². The minimum atomic E-state index is 0.786. The summed E-state index contributed by atoms with van der Waals surface area (Å²) in [7, 11) is 0. The number of hydrogen-bond acceptors (Lipinski definition) is 2. The second kappa shape index (κ2) is 6.07. The quantitative estimate of drug-likeness (QED) is 0.901. The summed E-state index contributed by atoms with van der Waals surface area (Å²) in [5.41, 5.74) is 0. The van der Waals surface area contributed by atoms with Crippen molar-refractivity contribution in [2.24, 2.45) is 5.92 Å². The molecule has 1 heterocycles. The van der Waals surface area contributed by atoms with E-state index in [4.69, 9.17) is 4.74 Å². The predicted molar refractivity (Wildman–Crippen MR) is 79.7 cm³/mol. The third-order valence-corrected chi connectivity index (χ3v) is 3.91. The molecule has 2 nitrogen and oxygen atoms in total. The van der Waals surface area contributed by atoms with E-state index in [0.29, 0.717) is 0 Å². The maximum Gasteiger partial charge on any atom is 0.119 e. The van der Waals surface area contributed by atoms with Crippen LogP contribution < -0.4 is 10.1 Å². The van der Waals surface area contributed by atoms with Crippen LogP contribution in [0.15, 0.2) is 42.5 Å². The average Bonchev–Trinajstić information content (AvgIpc) is 2.48. The molecule has 0 spiro atoms. The SMILES string of the molecule is c1ccc2cc(OCC[C@@H]3CCCNC3)ccc2c1. The van der Waals surface area contributed by atoms with Gasteiger partial charge in [0.2, 0.25) is 0 Å². The van der Waals surface area contributed by atoms with Gasteiger partial charge in [-0.3, -0.25) is 0 Å². The lowest BCUT2D eigenvalue weighted by Gasteiger charge is -2.22.